The average Bonchev–Trinajstić information content (AvgIpc) is 3.15. The number of nitrogens with one attached hydrogen (secondary N) is 1. The summed E-state index contributed by atoms with van der Waals surface area (Å²) in [5, 5.41) is 7.44. The number of anilines is 1. The zero-order chi connectivity index (χ0) is 18.1. The van der Waals surface area contributed by atoms with E-state index in [0.717, 1.165) is 16.5 Å². The van der Waals surface area contributed by atoms with Crippen LogP contribution in [0.15, 0.2) is 55.1 Å². The topological polar surface area (TPSA) is 85.6 Å². The van der Waals surface area contributed by atoms with Crippen LogP contribution >= 0.6 is 0 Å². The molecule has 0 atom stereocenters. The lowest BCUT2D eigenvalue weighted by Gasteiger charge is -2.10. The first kappa shape index (κ1) is 15.8. The molecule has 0 saturated carbocycles. The van der Waals surface area contributed by atoms with E-state index >= 15 is 0 Å². The van der Waals surface area contributed by atoms with Crippen molar-refractivity contribution in [1.29, 1.82) is 0 Å². The molecule has 1 amide bonds. The van der Waals surface area contributed by atoms with Crippen molar-refractivity contribution in [3.05, 3.63) is 60.9 Å². The molecule has 7 nitrogen and oxygen atoms in total. The highest BCUT2D eigenvalue weighted by Gasteiger charge is 2.12. The normalized spacial score (nSPS) is 10.8. The van der Waals surface area contributed by atoms with Crippen LogP contribution in [0.25, 0.3) is 27.8 Å². The molecule has 2 aromatic carbocycles. The van der Waals surface area contributed by atoms with Gasteiger partial charge in [-0.3, -0.25) is 10.1 Å². The highest BCUT2D eigenvalue weighted by atomic mass is 19.1. The van der Waals surface area contributed by atoms with E-state index in [0.29, 0.717) is 11.3 Å². The molecule has 0 saturated heterocycles. The molecule has 0 fully saturated rings. The Morgan fingerprint density at radius 2 is 1.85 bits per heavy atom. The van der Waals surface area contributed by atoms with Gasteiger partial charge in [0.05, 0.1) is 5.52 Å². The molecule has 128 valence electrons. The van der Waals surface area contributed by atoms with Crippen LogP contribution < -0.4 is 5.32 Å². The van der Waals surface area contributed by atoms with Crippen LogP contribution in [0.2, 0.25) is 0 Å². The summed E-state index contributed by atoms with van der Waals surface area (Å²) in [5.74, 6) is 0.114. The molecule has 4 rings (SSSR count). The van der Waals surface area contributed by atoms with E-state index in [4.69, 9.17) is 0 Å². The van der Waals surface area contributed by atoms with E-state index < -0.39 is 0 Å². The van der Waals surface area contributed by atoms with E-state index in [1.54, 1.807) is 12.1 Å². The minimum atomic E-state index is -0.291. The number of hydrogen-bond acceptors (Lipinski definition) is 5. The lowest BCUT2D eigenvalue weighted by Crippen LogP contribution is -2.11. The van der Waals surface area contributed by atoms with E-state index in [-0.39, 0.29) is 17.7 Å². The minimum absolute atomic E-state index is 0.185. The van der Waals surface area contributed by atoms with Gasteiger partial charge in [0.2, 0.25) is 11.9 Å². The van der Waals surface area contributed by atoms with Gasteiger partial charge >= 0.3 is 0 Å². The number of fused-ring (bicyclic) bond motifs is 1. The summed E-state index contributed by atoms with van der Waals surface area (Å²) in [7, 11) is 0. The maximum absolute atomic E-state index is 13.2. The third-order valence-corrected chi connectivity index (χ3v) is 3.78. The van der Waals surface area contributed by atoms with Crippen LogP contribution in [0, 0.1) is 5.82 Å². The fourth-order valence-corrected chi connectivity index (χ4v) is 2.64. The van der Waals surface area contributed by atoms with Gasteiger partial charge in [0, 0.05) is 12.3 Å². The number of carbonyl (C=O) groups is 1. The second-order valence-electron chi connectivity index (χ2n) is 5.63. The predicted octanol–water partition coefficient (Wildman–Crippen LogP) is 2.98. The summed E-state index contributed by atoms with van der Waals surface area (Å²) in [5.41, 5.74) is 2.39. The van der Waals surface area contributed by atoms with Crippen molar-refractivity contribution in [1.82, 2.24) is 24.7 Å². The number of carbonyl (C=O) groups excluding carboxylic acids is 1. The Morgan fingerprint density at radius 3 is 2.54 bits per heavy atom. The molecule has 0 spiro atoms. The Balaban J connectivity index is 1.92. The summed E-state index contributed by atoms with van der Waals surface area (Å²) < 4.78 is 14.7. The molecule has 4 aromatic rings. The Bertz CT molecular complexity index is 1090. The SMILES string of the molecule is CC(=O)Nc1nc(-n2cncn2)c2cc(-c3ccc(F)cc3)ccc2n1. The molecule has 0 bridgehead atoms. The zero-order valence-electron chi connectivity index (χ0n) is 13.7. The molecular weight excluding hydrogens is 335 g/mol. The molecule has 8 heteroatoms. The molecule has 0 aliphatic carbocycles. The summed E-state index contributed by atoms with van der Waals surface area (Å²) in [6, 6.07) is 11.8. The van der Waals surface area contributed by atoms with Crippen LogP contribution in [-0.4, -0.2) is 30.6 Å². The van der Waals surface area contributed by atoms with Crippen LogP contribution in [-0.2, 0) is 4.79 Å². The molecular formula is C18H13FN6O. The summed E-state index contributed by atoms with van der Waals surface area (Å²) in [6.45, 7) is 1.39. The number of hydrogen-bond donors (Lipinski definition) is 1. The minimum Gasteiger partial charge on any atom is -0.295 e. The third-order valence-electron chi connectivity index (χ3n) is 3.78. The second-order valence-corrected chi connectivity index (χ2v) is 5.63. The summed E-state index contributed by atoms with van der Waals surface area (Å²) in [4.78, 5) is 24.1. The maximum Gasteiger partial charge on any atom is 0.232 e. The van der Waals surface area contributed by atoms with Crippen LogP contribution in [0.3, 0.4) is 0 Å². The van der Waals surface area contributed by atoms with Gasteiger partial charge in [-0.1, -0.05) is 18.2 Å². The molecule has 1 N–H and O–H groups in total. The largest absolute Gasteiger partial charge is 0.295 e. The summed E-state index contributed by atoms with van der Waals surface area (Å²) in [6.07, 6.45) is 2.92. The molecule has 26 heavy (non-hydrogen) atoms. The maximum atomic E-state index is 13.2. The van der Waals surface area contributed by atoms with Gasteiger partial charge in [0.1, 0.15) is 18.5 Å². The fourth-order valence-electron chi connectivity index (χ4n) is 2.64. The molecule has 0 radical (unpaired) electrons. The van der Waals surface area contributed by atoms with Crippen molar-refractivity contribution in [3.63, 3.8) is 0 Å². The number of halogens is 1. The van der Waals surface area contributed by atoms with Gasteiger partial charge in [0.15, 0.2) is 5.82 Å². The predicted molar refractivity (Wildman–Crippen MR) is 94.2 cm³/mol. The van der Waals surface area contributed by atoms with Gasteiger partial charge in [0.25, 0.3) is 0 Å². The van der Waals surface area contributed by atoms with Gasteiger partial charge in [-0.2, -0.15) is 10.1 Å². The Labute approximate surface area is 147 Å². The average molecular weight is 348 g/mol. The van der Waals surface area contributed by atoms with E-state index in [9.17, 15) is 9.18 Å². The quantitative estimate of drug-likeness (QED) is 0.615. The zero-order valence-corrected chi connectivity index (χ0v) is 13.7. The highest BCUT2D eigenvalue weighted by molar-refractivity contribution is 5.93. The molecule has 0 aliphatic heterocycles. The smallest absolute Gasteiger partial charge is 0.232 e. The van der Waals surface area contributed by atoms with Gasteiger partial charge in [-0.25, -0.2) is 19.0 Å². The van der Waals surface area contributed by atoms with Gasteiger partial charge in [-0.05, 0) is 35.4 Å². The molecule has 2 heterocycles. The Morgan fingerprint density at radius 1 is 1.08 bits per heavy atom. The van der Waals surface area contributed by atoms with Crippen molar-refractivity contribution >= 4 is 22.8 Å². The van der Waals surface area contributed by atoms with Crippen LogP contribution in [0.5, 0.6) is 0 Å². The second kappa shape index (κ2) is 6.32. The monoisotopic (exact) mass is 348 g/mol. The van der Waals surface area contributed by atoms with Gasteiger partial charge < -0.3 is 0 Å². The standard InChI is InChI=1S/C18H13FN6O/c1-11(26)22-18-23-16-7-4-13(12-2-5-14(19)6-3-12)8-15(16)17(24-18)25-10-20-9-21-25/h2-10H,1H3,(H,22,23,24,26). The van der Waals surface area contributed by atoms with Gasteiger partial charge in [-0.15, -0.1) is 0 Å². The molecule has 0 unspecified atom stereocenters. The first-order chi connectivity index (χ1) is 12.6. The number of rotatable bonds is 3. The fraction of sp³-hybridized carbons (Fsp3) is 0.0556. The summed E-state index contributed by atoms with van der Waals surface area (Å²) >= 11 is 0. The van der Waals surface area contributed by atoms with Crippen LogP contribution in [0.4, 0.5) is 10.3 Å². The number of amides is 1. The first-order valence-corrected chi connectivity index (χ1v) is 7.80. The Kier molecular flexibility index (Phi) is 3.85. The number of nitrogens with zero attached hydrogens (tertiary/aromatic N) is 5. The van der Waals surface area contributed by atoms with Crippen molar-refractivity contribution in [2.45, 2.75) is 6.92 Å². The lowest BCUT2D eigenvalue weighted by atomic mass is 10.0. The van der Waals surface area contributed by atoms with E-state index in [1.807, 2.05) is 18.2 Å². The highest BCUT2D eigenvalue weighted by Crippen LogP contribution is 2.27. The first-order valence-electron chi connectivity index (χ1n) is 7.80. The Hall–Kier alpha value is -3.68. The van der Waals surface area contributed by atoms with E-state index in [1.165, 1.54) is 36.4 Å². The number of benzene rings is 2. The van der Waals surface area contributed by atoms with Crippen molar-refractivity contribution < 1.29 is 9.18 Å². The lowest BCUT2D eigenvalue weighted by molar-refractivity contribution is -0.114. The van der Waals surface area contributed by atoms with Crippen molar-refractivity contribution in [3.8, 4) is 16.9 Å². The van der Waals surface area contributed by atoms with Crippen molar-refractivity contribution in [2.75, 3.05) is 5.32 Å². The van der Waals surface area contributed by atoms with Crippen LogP contribution in [0.1, 0.15) is 6.92 Å². The number of aromatic nitrogens is 5. The molecule has 0 aliphatic rings. The molecule has 2 aromatic heterocycles. The van der Waals surface area contributed by atoms with Crippen molar-refractivity contribution in [2.24, 2.45) is 0 Å². The van der Waals surface area contributed by atoms with E-state index in [2.05, 4.69) is 25.4 Å². The third kappa shape index (κ3) is 3.00.